The fourth-order valence-electron chi connectivity index (χ4n) is 0.765. The van der Waals surface area contributed by atoms with Crippen LogP contribution in [0.5, 0.6) is 0 Å². The van der Waals surface area contributed by atoms with Crippen molar-refractivity contribution in [2.75, 3.05) is 81.7 Å². The molecule has 0 unspecified atom stereocenters. The monoisotopic (exact) mass is 347 g/mol. The lowest BCUT2D eigenvalue weighted by atomic mass is 10.5. The Hall–Kier alpha value is -0.0900. The van der Waals surface area contributed by atoms with E-state index in [9.17, 15) is 14.4 Å². The largest absolute Gasteiger partial charge is 0.790 e. The summed E-state index contributed by atoms with van der Waals surface area (Å²) in [6.07, 6.45) is 0. The number of aliphatic hydroxyl groups is 2. The van der Waals surface area contributed by atoms with Gasteiger partial charge in [-0.25, -0.2) is 0 Å². The van der Waals surface area contributed by atoms with E-state index in [1.165, 1.54) is 0 Å². The summed E-state index contributed by atoms with van der Waals surface area (Å²) >= 11 is 0. The second kappa shape index (κ2) is 13.4. The van der Waals surface area contributed by atoms with Gasteiger partial charge in [0.1, 0.15) is 13.1 Å². The van der Waals surface area contributed by atoms with Crippen LogP contribution in [-0.4, -0.2) is 101 Å². The van der Waals surface area contributed by atoms with Gasteiger partial charge in [0.15, 0.2) is 0 Å². The Morgan fingerprint density at radius 1 is 0.955 bits per heavy atom. The Bertz CT molecular complexity index is 270. The molecule has 22 heavy (non-hydrogen) atoms. The molecule has 0 bridgehead atoms. The van der Waals surface area contributed by atoms with Gasteiger partial charge < -0.3 is 43.8 Å². The predicted molar refractivity (Wildman–Crippen MR) is 82.6 cm³/mol. The first-order valence-corrected chi connectivity index (χ1v) is 8.34. The van der Waals surface area contributed by atoms with E-state index < -0.39 is 7.82 Å². The fourth-order valence-corrected chi connectivity index (χ4v) is 1.09. The average Bonchev–Trinajstić information content (AvgIpc) is 2.23. The Morgan fingerprint density at radius 2 is 1.27 bits per heavy atom. The lowest BCUT2D eigenvalue weighted by Crippen LogP contribution is -2.36. The quantitative estimate of drug-likeness (QED) is 0.333. The van der Waals surface area contributed by atoms with E-state index in [1.807, 2.05) is 0 Å². The van der Waals surface area contributed by atoms with Gasteiger partial charge in [-0.2, -0.15) is 0 Å². The third-order valence-corrected chi connectivity index (χ3v) is 2.41. The summed E-state index contributed by atoms with van der Waals surface area (Å²) in [7, 11) is 7.55. The smallest absolute Gasteiger partial charge is 0.101 e. The number of hydrogen-bond acceptors (Lipinski definition) is 7. The molecule has 0 aromatic carbocycles. The average molecular weight is 347 g/mol. The van der Waals surface area contributed by atoms with Crippen molar-refractivity contribution in [1.82, 2.24) is 0 Å². The van der Waals surface area contributed by atoms with Crippen molar-refractivity contribution in [3.63, 3.8) is 0 Å². The molecule has 0 heterocycles. The normalized spacial score (nSPS) is 12.0. The van der Waals surface area contributed by atoms with Crippen LogP contribution in [-0.2, 0) is 9.09 Å². The summed E-state index contributed by atoms with van der Waals surface area (Å²) in [5.41, 5.74) is 4.81. The minimum atomic E-state index is -4.76. The van der Waals surface area contributed by atoms with Crippen molar-refractivity contribution in [3.05, 3.63) is 0 Å². The maximum absolute atomic E-state index is 9.58. The second-order valence-corrected chi connectivity index (χ2v) is 7.70. The SMILES string of the molecule is C[N+](C)(C)CCO.C[N+](C)(C)CCO.NCCOP(=O)([O-])[O-]. The molecule has 4 N–H and O–H groups in total. The number of rotatable bonds is 7. The zero-order valence-electron chi connectivity index (χ0n) is 14.7. The van der Waals surface area contributed by atoms with E-state index in [1.54, 1.807) is 0 Å². The van der Waals surface area contributed by atoms with Crippen LogP contribution in [0.2, 0.25) is 0 Å². The zero-order chi connectivity index (χ0) is 18.4. The molecule has 0 aliphatic rings. The van der Waals surface area contributed by atoms with Crippen molar-refractivity contribution in [3.8, 4) is 0 Å². The lowest BCUT2D eigenvalue weighted by molar-refractivity contribution is -0.870. The molecular weight excluding hydrogens is 313 g/mol. The van der Waals surface area contributed by atoms with Crippen LogP contribution in [0.3, 0.4) is 0 Å². The molecule has 10 heteroatoms. The van der Waals surface area contributed by atoms with Gasteiger partial charge in [-0.1, -0.05) is 0 Å². The molecule has 9 nitrogen and oxygen atoms in total. The van der Waals surface area contributed by atoms with Crippen molar-refractivity contribution in [2.24, 2.45) is 5.73 Å². The number of nitrogens with zero attached hydrogens (tertiary/aromatic N) is 2. The number of likely N-dealkylation sites (N-methyl/N-ethyl adjacent to an activating group) is 2. The summed E-state index contributed by atoms with van der Waals surface area (Å²) in [6.45, 7) is 2.03. The fraction of sp³-hybridized carbons (Fsp3) is 1.00. The first-order chi connectivity index (χ1) is 9.68. The van der Waals surface area contributed by atoms with Gasteiger partial charge in [0.2, 0.25) is 0 Å². The molecule has 0 fully saturated rings. The number of phosphoric acid groups is 1. The Kier molecular flexibility index (Phi) is 16.3. The topological polar surface area (TPSA) is 139 Å². The van der Waals surface area contributed by atoms with Crippen LogP contribution in [0.1, 0.15) is 0 Å². The molecule has 0 saturated carbocycles. The number of nitrogens with two attached hydrogens (primary N) is 1. The molecule has 0 radical (unpaired) electrons. The van der Waals surface area contributed by atoms with Crippen LogP contribution in [0.15, 0.2) is 0 Å². The summed E-state index contributed by atoms with van der Waals surface area (Å²) in [5.74, 6) is 0. The van der Waals surface area contributed by atoms with Gasteiger partial charge in [-0.05, 0) is 0 Å². The third-order valence-electron chi connectivity index (χ3n) is 1.91. The molecule has 0 rings (SSSR count). The van der Waals surface area contributed by atoms with Crippen molar-refractivity contribution in [1.29, 1.82) is 0 Å². The van der Waals surface area contributed by atoms with Gasteiger partial charge in [-0.3, -0.25) is 0 Å². The number of aliphatic hydroxyl groups excluding tert-OH is 2. The van der Waals surface area contributed by atoms with E-state index >= 15 is 0 Å². The van der Waals surface area contributed by atoms with Crippen molar-refractivity contribution >= 4 is 7.82 Å². The van der Waals surface area contributed by atoms with Crippen LogP contribution in [0, 0.1) is 0 Å². The molecule has 0 aliphatic carbocycles. The van der Waals surface area contributed by atoms with E-state index in [2.05, 4.69) is 46.8 Å². The van der Waals surface area contributed by atoms with Gasteiger partial charge >= 0.3 is 0 Å². The number of hydrogen-bond donors (Lipinski definition) is 3. The minimum Gasteiger partial charge on any atom is -0.790 e. The molecule has 0 saturated heterocycles. The molecule has 0 amide bonds. The van der Waals surface area contributed by atoms with Crippen LogP contribution in [0.25, 0.3) is 0 Å². The Labute approximate surface area is 134 Å². The summed E-state index contributed by atoms with van der Waals surface area (Å²) in [6, 6.07) is 0. The minimum absolute atomic E-state index is 0.0362. The molecule has 0 atom stereocenters. The van der Waals surface area contributed by atoms with Gasteiger partial charge in [0.05, 0.1) is 69.9 Å². The van der Waals surface area contributed by atoms with Crippen molar-refractivity contribution in [2.45, 2.75) is 0 Å². The van der Waals surface area contributed by atoms with Gasteiger partial charge in [0.25, 0.3) is 0 Å². The van der Waals surface area contributed by atoms with E-state index in [0.29, 0.717) is 0 Å². The van der Waals surface area contributed by atoms with E-state index in [0.717, 1.165) is 22.1 Å². The highest BCUT2D eigenvalue weighted by Crippen LogP contribution is 2.23. The van der Waals surface area contributed by atoms with Crippen LogP contribution < -0.4 is 15.5 Å². The maximum Gasteiger partial charge on any atom is 0.101 e. The number of phosphoric ester groups is 1. The zero-order valence-corrected chi connectivity index (χ0v) is 15.6. The third kappa shape index (κ3) is 42.7. The Balaban J connectivity index is -0.000000247. The first-order valence-electron chi connectivity index (χ1n) is 6.88. The molecule has 0 spiro atoms. The highest BCUT2D eigenvalue weighted by molar-refractivity contribution is 7.43. The number of quaternary nitrogens is 2. The molecule has 0 aromatic heterocycles. The molecule has 0 aliphatic heterocycles. The van der Waals surface area contributed by atoms with Crippen LogP contribution >= 0.6 is 7.82 Å². The summed E-state index contributed by atoms with van der Waals surface area (Å²) in [5, 5.41) is 16.8. The second-order valence-electron chi connectivity index (χ2n) is 6.54. The predicted octanol–water partition coefficient (Wildman–Crippen LogP) is -2.84. The molecule has 138 valence electrons. The lowest BCUT2D eigenvalue weighted by Gasteiger charge is -2.27. The van der Waals surface area contributed by atoms with Gasteiger partial charge in [0, 0.05) is 6.54 Å². The summed E-state index contributed by atoms with van der Waals surface area (Å²) < 4.78 is 15.0. The first kappa shape index (κ1) is 26.8. The van der Waals surface area contributed by atoms with Crippen LogP contribution in [0.4, 0.5) is 0 Å². The molecule has 0 aromatic rings. The highest BCUT2D eigenvalue weighted by atomic mass is 31.2. The standard InChI is InChI=1S/2C5H14NO.C2H8NO4P/c2*1-6(2,3)4-5-7;3-1-2-7-8(4,5)6/h2*7H,4-5H2,1-3H3;1-3H2,(H2,4,5,6)/q2*+1;/p-2. The highest BCUT2D eigenvalue weighted by Gasteiger charge is 2.02. The van der Waals surface area contributed by atoms with Gasteiger partial charge in [-0.15, -0.1) is 0 Å². The molecular formula is C12H34N3O6P. The van der Waals surface area contributed by atoms with Crippen molar-refractivity contribution < 1.29 is 38.1 Å². The summed E-state index contributed by atoms with van der Waals surface area (Å²) in [4.78, 5) is 19.2. The Morgan fingerprint density at radius 3 is 1.32 bits per heavy atom. The maximum atomic E-state index is 9.58. The van der Waals surface area contributed by atoms with E-state index in [-0.39, 0.29) is 26.4 Å². The van der Waals surface area contributed by atoms with E-state index in [4.69, 9.17) is 15.9 Å².